The summed E-state index contributed by atoms with van der Waals surface area (Å²) in [7, 11) is 0. The molecule has 0 bridgehead atoms. The van der Waals surface area contributed by atoms with Crippen molar-refractivity contribution < 1.29 is 9.84 Å². The molecule has 0 saturated heterocycles. The molecular formula is C12H22N2O2. The summed E-state index contributed by atoms with van der Waals surface area (Å²) in [5.74, 6) is 0. The zero-order valence-electron chi connectivity index (χ0n) is 10.4. The van der Waals surface area contributed by atoms with Crippen molar-refractivity contribution in [3.8, 4) is 0 Å². The molecular weight excluding hydrogens is 204 g/mol. The van der Waals surface area contributed by atoms with Crippen LogP contribution in [0.4, 0.5) is 0 Å². The van der Waals surface area contributed by atoms with Crippen molar-refractivity contribution in [2.24, 2.45) is 0 Å². The molecule has 1 heterocycles. The van der Waals surface area contributed by atoms with Gasteiger partial charge in [0.25, 0.3) is 0 Å². The van der Waals surface area contributed by atoms with Crippen molar-refractivity contribution >= 4 is 0 Å². The number of rotatable bonds is 7. The SMILES string of the molecule is CCCn1nccc1C(O)C(CC)OCC. The number of hydrogen-bond acceptors (Lipinski definition) is 3. The maximum absolute atomic E-state index is 10.2. The van der Waals surface area contributed by atoms with Crippen LogP contribution in [0, 0.1) is 0 Å². The summed E-state index contributed by atoms with van der Waals surface area (Å²) in [5, 5.41) is 14.4. The lowest BCUT2D eigenvalue weighted by Gasteiger charge is -2.22. The lowest BCUT2D eigenvalue weighted by atomic mass is 10.1. The summed E-state index contributed by atoms with van der Waals surface area (Å²) in [6, 6.07) is 1.86. The molecule has 0 aliphatic rings. The molecule has 0 spiro atoms. The smallest absolute Gasteiger partial charge is 0.122 e. The number of hydrogen-bond donors (Lipinski definition) is 1. The van der Waals surface area contributed by atoms with E-state index in [0.717, 1.165) is 25.1 Å². The first-order chi connectivity index (χ1) is 7.74. The van der Waals surface area contributed by atoms with E-state index in [1.165, 1.54) is 0 Å². The minimum atomic E-state index is -0.584. The van der Waals surface area contributed by atoms with E-state index in [2.05, 4.69) is 12.0 Å². The maximum atomic E-state index is 10.2. The zero-order chi connectivity index (χ0) is 12.0. The molecule has 1 rings (SSSR count). The van der Waals surface area contributed by atoms with Crippen LogP contribution in [0.5, 0.6) is 0 Å². The first-order valence-corrected chi connectivity index (χ1v) is 6.05. The third-order valence-corrected chi connectivity index (χ3v) is 2.62. The average molecular weight is 226 g/mol. The van der Waals surface area contributed by atoms with Gasteiger partial charge in [-0.2, -0.15) is 5.10 Å². The van der Waals surface area contributed by atoms with Crippen LogP contribution in [0.15, 0.2) is 12.3 Å². The lowest BCUT2D eigenvalue weighted by Crippen LogP contribution is -2.24. The Bertz CT molecular complexity index is 299. The second kappa shape index (κ2) is 6.66. The molecule has 0 aliphatic heterocycles. The predicted octanol–water partition coefficient (Wildman–Crippen LogP) is 2.14. The predicted molar refractivity (Wildman–Crippen MR) is 63.2 cm³/mol. The van der Waals surface area contributed by atoms with Crippen LogP contribution in [0.3, 0.4) is 0 Å². The summed E-state index contributed by atoms with van der Waals surface area (Å²) >= 11 is 0. The third-order valence-electron chi connectivity index (χ3n) is 2.62. The first kappa shape index (κ1) is 13.2. The van der Waals surface area contributed by atoms with Crippen molar-refractivity contribution in [3.05, 3.63) is 18.0 Å². The fraction of sp³-hybridized carbons (Fsp3) is 0.750. The van der Waals surface area contributed by atoms with Gasteiger partial charge < -0.3 is 9.84 Å². The molecule has 0 aromatic carbocycles. The van der Waals surface area contributed by atoms with Gasteiger partial charge in [-0.15, -0.1) is 0 Å². The fourth-order valence-corrected chi connectivity index (χ4v) is 1.83. The third kappa shape index (κ3) is 3.06. The number of aromatic nitrogens is 2. The van der Waals surface area contributed by atoms with Gasteiger partial charge in [0.1, 0.15) is 6.10 Å². The topological polar surface area (TPSA) is 47.3 Å². The minimum Gasteiger partial charge on any atom is -0.384 e. The molecule has 1 N–H and O–H groups in total. The molecule has 16 heavy (non-hydrogen) atoms. The van der Waals surface area contributed by atoms with Gasteiger partial charge in [0.2, 0.25) is 0 Å². The van der Waals surface area contributed by atoms with Crippen LogP contribution in [0.25, 0.3) is 0 Å². The molecule has 92 valence electrons. The highest BCUT2D eigenvalue weighted by atomic mass is 16.5. The van der Waals surface area contributed by atoms with Crippen LogP contribution >= 0.6 is 0 Å². The molecule has 0 aliphatic carbocycles. The summed E-state index contributed by atoms with van der Waals surface area (Å²) in [6.07, 6.45) is 2.81. The van der Waals surface area contributed by atoms with Crippen LogP contribution in [0.2, 0.25) is 0 Å². The van der Waals surface area contributed by atoms with Gasteiger partial charge in [0.15, 0.2) is 0 Å². The van der Waals surface area contributed by atoms with Crippen LogP contribution in [-0.4, -0.2) is 27.6 Å². The second-order valence-electron chi connectivity index (χ2n) is 3.83. The van der Waals surface area contributed by atoms with Crippen molar-refractivity contribution in [3.63, 3.8) is 0 Å². The van der Waals surface area contributed by atoms with Gasteiger partial charge in [-0.1, -0.05) is 13.8 Å². The van der Waals surface area contributed by atoms with Crippen LogP contribution in [0.1, 0.15) is 45.4 Å². The normalized spacial score (nSPS) is 15.0. The molecule has 0 amide bonds. The summed E-state index contributed by atoms with van der Waals surface area (Å²) in [6.45, 7) is 7.51. The van der Waals surface area contributed by atoms with Gasteiger partial charge in [-0.05, 0) is 25.8 Å². The zero-order valence-corrected chi connectivity index (χ0v) is 10.4. The van der Waals surface area contributed by atoms with E-state index >= 15 is 0 Å². The Morgan fingerprint density at radius 3 is 2.75 bits per heavy atom. The minimum absolute atomic E-state index is 0.141. The maximum Gasteiger partial charge on any atom is 0.122 e. The molecule has 0 saturated carbocycles. The lowest BCUT2D eigenvalue weighted by molar-refractivity contribution is -0.0391. The van der Waals surface area contributed by atoms with Crippen molar-refractivity contribution in [1.82, 2.24) is 9.78 Å². The van der Waals surface area contributed by atoms with Gasteiger partial charge in [0, 0.05) is 19.3 Å². The highest BCUT2D eigenvalue weighted by Crippen LogP contribution is 2.21. The quantitative estimate of drug-likeness (QED) is 0.775. The van der Waals surface area contributed by atoms with E-state index in [4.69, 9.17) is 4.74 Å². The van der Waals surface area contributed by atoms with E-state index < -0.39 is 6.10 Å². The van der Waals surface area contributed by atoms with Gasteiger partial charge >= 0.3 is 0 Å². The number of nitrogens with zero attached hydrogens (tertiary/aromatic N) is 2. The van der Waals surface area contributed by atoms with E-state index in [1.54, 1.807) is 6.20 Å². The number of aliphatic hydroxyl groups is 1. The molecule has 1 aromatic rings. The van der Waals surface area contributed by atoms with Crippen LogP contribution in [-0.2, 0) is 11.3 Å². The van der Waals surface area contributed by atoms with Crippen molar-refractivity contribution in [2.75, 3.05) is 6.61 Å². The Morgan fingerprint density at radius 1 is 1.44 bits per heavy atom. The van der Waals surface area contributed by atoms with Crippen molar-refractivity contribution in [1.29, 1.82) is 0 Å². The number of ether oxygens (including phenoxy) is 1. The highest BCUT2D eigenvalue weighted by Gasteiger charge is 2.22. The van der Waals surface area contributed by atoms with Gasteiger partial charge in [-0.25, -0.2) is 0 Å². The van der Waals surface area contributed by atoms with Gasteiger partial charge in [0.05, 0.1) is 11.8 Å². The fourth-order valence-electron chi connectivity index (χ4n) is 1.83. The van der Waals surface area contributed by atoms with E-state index in [-0.39, 0.29) is 6.10 Å². The highest BCUT2D eigenvalue weighted by molar-refractivity contribution is 5.06. The van der Waals surface area contributed by atoms with E-state index in [9.17, 15) is 5.11 Å². The molecule has 0 radical (unpaired) electrons. The Kier molecular flexibility index (Phi) is 5.49. The summed E-state index contributed by atoms with van der Waals surface area (Å²) < 4.78 is 7.37. The Labute approximate surface area is 97.2 Å². The Balaban J connectivity index is 2.76. The molecule has 2 atom stereocenters. The molecule has 1 aromatic heterocycles. The molecule has 4 heteroatoms. The van der Waals surface area contributed by atoms with E-state index in [0.29, 0.717) is 6.61 Å². The van der Waals surface area contributed by atoms with Gasteiger partial charge in [-0.3, -0.25) is 4.68 Å². The standard InChI is InChI=1S/C12H22N2O2/c1-4-9-14-10(7-8-13-14)12(15)11(5-2)16-6-3/h7-8,11-12,15H,4-6,9H2,1-3H3. The van der Waals surface area contributed by atoms with Crippen LogP contribution < -0.4 is 0 Å². The molecule has 2 unspecified atom stereocenters. The summed E-state index contributed by atoms with van der Waals surface area (Å²) in [4.78, 5) is 0. The Hall–Kier alpha value is -0.870. The Morgan fingerprint density at radius 2 is 2.19 bits per heavy atom. The second-order valence-corrected chi connectivity index (χ2v) is 3.83. The monoisotopic (exact) mass is 226 g/mol. The number of aryl methyl sites for hydroxylation is 1. The average Bonchev–Trinajstić information content (AvgIpc) is 2.73. The first-order valence-electron chi connectivity index (χ1n) is 6.05. The number of aliphatic hydroxyl groups excluding tert-OH is 1. The van der Waals surface area contributed by atoms with Crippen molar-refractivity contribution in [2.45, 2.75) is 52.4 Å². The van der Waals surface area contributed by atoms with E-state index in [1.807, 2.05) is 24.6 Å². The summed E-state index contributed by atoms with van der Waals surface area (Å²) in [5.41, 5.74) is 0.849. The molecule has 4 nitrogen and oxygen atoms in total. The molecule has 0 fully saturated rings. The largest absolute Gasteiger partial charge is 0.384 e.